The fourth-order valence-corrected chi connectivity index (χ4v) is 1.000. The zero-order chi connectivity index (χ0) is 7.94. The second-order valence-electron chi connectivity index (χ2n) is 2.23. The molecule has 0 atom stereocenters. The highest BCUT2D eigenvalue weighted by Crippen LogP contribution is 1.92. The van der Waals surface area contributed by atoms with Gasteiger partial charge in [0, 0.05) is 30.7 Å². The van der Waals surface area contributed by atoms with Gasteiger partial charge in [-0.3, -0.25) is 4.98 Å². The summed E-state index contributed by atoms with van der Waals surface area (Å²) in [5.41, 5.74) is 1.13. The number of hydrogen-bond donors (Lipinski definition) is 2. The van der Waals surface area contributed by atoms with Crippen molar-refractivity contribution in [2.24, 2.45) is 0 Å². The van der Waals surface area contributed by atoms with Crippen LogP contribution in [0.1, 0.15) is 5.69 Å². The third kappa shape index (κ3) is 3.39. The van der Waals surface area contributed by atoms with Crippen LogP contribution in [-0.2, 0) is 6.42 Å². The molecule has 0 aliphatic rings. The molecule has 2 nitrogen and oxygen atoms in total. The predicted octanol–water partition coefficient (Wildman–Crippen LogP) is 1.10. The fourth-order valence-electron chi connectivity index (χ4n) is 0.842. The first-order valence-electron chi connectivity index (χ1n) is 3.65. The number of nitrogens with one attached hydrogen (secondary N) is 1. The van der Waals surface area contributed by atoms with Gasteiger partial charge in [0.15, 0.2) is 0 Å². The third-order valence-corrected chi connectivity index (χ3v) is 1.62. The molecule has 0 amide bonds. The van der Waals surface area contributed by atoms with E-state index in [-0.39, 0.29) is 0 Å². The number of aromatic nitrogens is 1. The van der Waals surface area contributed by atoms with E-state index < -0.39 is 0 Å². The highest BCUT2D eigenvalue weighted by Gasteiger charge is 1.89. The van der Waals surface area contributed by atoms with E-state index in [1.54, 1.807) is 0 Å². The van der Waals surface area contributed by atoms with Crippen molar-refractivity contribution in [2.75, 3.05) is 12.4 Å². The van der Waals surface area contributed by atoms with E-state index in [1.807, 2.05) is 24.4 Å². The molecular weight excluding hydrogens is 156 g/mol. The van der Waals surface area contributed by atoms with Crippen LogP contribution in [0.25, 0.3) is 0 Å². The highest BCUT2D eigenvalue weighted by atomic mass is 32.1. The Hall–Kier alpha value is -0.540. The van der Waals surface area contributed by atoms with Gasteiger partial charge in [0.05, 0.1) is 0 Å². The molecule has 0 saturated carbocycles. The zero-order valence-electron chi connectivity index (χ0n) is 6.33. The molecule has 1 heterocycles. The SMILES string of the molecule is SCNCCc1ccccn1. The Labute approximate surface area is 72.5 Å². The van der Waals surface area contributed by atoms with Crippen molar-refractivity contribution >= 4 is 12.6 Å². The van der Waals surface area contributed by atoms with E-state index in [1.165, 1.54) is 0 Å². The molecule has 0 unspecified atom stereocenters. The van der Waals surface area contributed by atoms with E-state index in [0.717, 1.165) is 24.5 Å². The van der Waals surface area contributed by atoms with Crippen molar-refractivity contribution < 1.29 is 0 Å². The molecule has 0 saturated heterocycles. The van der Waals surface area contributed by atoms with Crippen molar-refractivity contribution in [3.05, 3.63) is 30.1 Å². The van der Waals surface area contributed by atoms with Gasteiger partial charge in [-0.1, -0.05) is 6.07 Å². The Kier molecular flexibility index (Phi) is 4.01. The first-order chi connectivity index (χ1) is 5.43. The van der Waals surface area contributed by atoms with Gasteiger partial charge in [0.25, 0.3) is 0 Å². The maximum atomic E-state index is 4.19. The lowest BCUT2D eigenvalue weighted by Crippen LogP contribution is -2.15. The van der Waals surface area contributed by atoms with Crippen molar-refractivity contribution in [3.63, 3.8) is 0 Å². The van der Waals surface area contributed by atoms with Crippen LogP contribution in [0.2, 0.25) is 0 Å². The zero-order valence-corrected chi connectivity index (χ0v) is 7.22. The summed E-state index contributed by atoms with van der Waals surface area (Å²) in [5.74, 6) is 0.729. The minimum absolute atomic E-state index is 0.729. The Morgan fingerprint density at radius 2 is 2.36 bits per heavy atom. The first-order valence-corrected chi connectivity index (χ1v) is 4.28. The van der Waals surface area contributed by atoms with Crippen LogP contribution in [0.15, 0.2) is 24.4 Å². The van der Waals surface area contributed by atoms with Crippen LogP contribution in [0.3, 0.4) is 0 Å². The summed E-state index contributed by atoms with van der Waals surface area (Å²) in [6.07, 6.45) is 2.79. The maximum absolute atomic E-state index is 4.19. The Bertz CT molecular complexity index is 189. The highest BCUT2D eigenvalue weighted by molar-refractivity contribution is 7.80. The maximum Gasteiger partial charge on any atom is 0.0416 e. The summed E-state index contributed by atoms with van der Waals surface area (Å²) in [5, 5.41) is 3.12. The average molecular weight is 168 g/mol. The summed E-state index contributed by atoms with van der Waals surface area (Å²) < 4.78 is 0. The van der Waals surface area contributed by atoms with Crippen molar-refractivity contribution in [1.82, 2.24) is 10.3 Å². The largest absolute Gasteiger partial charge is 0.308 e. The monoisotopic (exact) mass is 168 g/mol. The van der Waals surface area contributed by atoms with Crippen LogP contribution in [0, 0.1) is 0 Å². The molecule has 0 aliphatic heterocycles. The number of thiol groups is 1. The van der Waals surface area contributed by atoms with Crippen LogP contribution in [-0.4, -0.2) is 17.4 Å². The van der Waals surface area contributed by atoms with E-state index in [4.69, 9.17) is 0 Å². The summed E-state index contributed by atoms with van der Waals surface area (Å²) in [7, 11) is 0. The summed E-state index contributed by atoms with van der Waals surface area (Å²) >= 11 is 4.04. The van der Waals surface area contributed by atoms with E-state index in [0.29, 0.717) is 0 Å². The Morgan fingerprint density at radius 3 is 3.00 bits per heavy atom. The fraction of sp³-hybridized carbons (Fsp3) is 0.375. The van der Waals surface area contributed by atoms with Crippen LogP contribution >= 0.6 is 12.6 Å². The molecule has 60 valence electrons. The molecule has 0 fully saturated rings. The summed E-state index contributed by atoms with van der Waals surface area (Å²) in [6.45, 7) is 0.945. The van der Waals surface area contributed by atoms with Crippen molar-refractivity contribution in [3.8, 4) is 0 Å². The smallest absolute Gasteiger partial charge is 0.0416 e. The minimum Gasteiger partial charge on any atom is -0.308 e. The average Bonchev–Trinajstić information content (AvgIpc) is 2.07. The van der Waals surface area contributed by atoms with Crippen LogP contribution in [0.4, 0.5) is 0 Å². The second kappa shape index (κ2) is 5.16. The molecule has 1 N–H and O–H groups in total. The van der Waals surface area contributed by atoms with E-state index in [2.05, 4.69) is 22.9 Å². The quantitative estimate of drug-likeness (QED) is 0.400. The van der Waals surface area contributed by atoms with Gasteiger partial charge in [-0.2, -0.15) is 12.6 Å². The molecule has 1 rings (SSSR count). The van der Waals surface area contributed by atoms with E-state index in [9.17, 15) is 0 Å². The normalized spacial score (nSPS) is 9.91. The Morgan fingerprint density at radius 1 is 1.45 bits per heavy atom. The molecule has 1 aromatic rings. The standard InChI is InChI=1S/C8H12N2S/c11-7-9-6-4-8-3-1-2-5-10-8/h1-3,5,9,11H,4,6-7H2. The first kappa shape index (κ1) is 8.56. The van der Waals surface area contributed by atoms with Gasteiger partial charge in [-0.05, 0) is 12.1 Å². The van der Waals surface area contributed by atoms with Gasteiger partial charge >= 0.3 is 0 Å². The summed E-state index contributed by atoms with van der Waals surface area (Å²) in [4.78, 5) is 4.19. The number of rotatable bonds is 4. The number of hydrogen-bond acceptors (Lipinski definition) is 3. The Balaban J connectivity index is 2.28. The molecule has 11 heavy (non-hydrogen) atoms. The molecule has 0 bridgehead atoms. The van der Waals surface area contributed by atoms with E-state index >= 15 is 0 Å². The van der Waals surface area contributed by atoms with Gasteiger partial charge < -0.3 is 5.32 Å². The lowest BCUT2D eigenvalue weighted by Gasteiger charge is -1.99. The van der Waals surface area contributed by atoms with Crippen LogP contribution in [0.5, 0.6) is 0 Å². The predicted molar refractivity (Wildman–Crippen MR) is 49.8 cm³/mol. The number of pyridine rings is 1. The summed E-state index contributed by atoms with van der Waals surface area (Å²) in [6, 6.07) is 5.96. The van der Waals surface area contributed by atoms with Gasteiger partial charge in [0.2, 0.25) is 0 Å². The molecule has 0 spiro atoms. The second-order valence-corrected chi connectivity index (χ2v) is 2.55. The molecule has 0 aliphatic carbocycles. The van der Waals surface area contributed by atoms with Gasteiger partial charge in [-0.15, -0.1) is 0 Å². The topological polar surface area (TPSA) is 24.9 Å². The minimum atomic E-state index is 0.729. The van der Waals surface area contributed by atoms with Crippen molar-refractivity contribution in [1.29, 1.82) is 0 Å². The molecule has 3 heteroatoms. The number of nitrogens with zero attached hydrogens (tertiary/aromatic N) is 1. The van der Waals surface area contributed by atoms with Crippen molar-refractivity contribution in [2.45, 2.75) is 6.42 Å². The van der Waals surface area contributed by atoms with Gasteiger partial charge in [-0.25, -0.2) is 0 Å². The molecular formula is C8H12N2S. The molecule has 1 aromatic heterocycles. The lowest BCUT2D eigenvalue weighted by atomic mass is 10.3. The molecule has 0 aromatic carbocycles. The van der Waals surface area contributed by atoms with Crippen LogP contribution < -0.4 is 5.32 Å². The lowest BCUT2D eigenvalue weighted by molar-refractivity contribution is 0.763. The van der Waals surface area contributed by atoms with Gasteiger partial charge in [0.1, 0.15) is 0 Å². The third-order valence-electron chi connectivity index (χ3n) is 1.40. The molecule has 0 radical (unpaired) electrons.